The molecule has 2 rings (SSSR count). The molecule has 5 nitrogen and oxygen atoms in total. The van der Waals surface area contributed by atoms with Gasteiger partial charge in [-0.05, 0) is 30.2 Å². The third kappa shape index (κ3) is 3.58. The molecule has 21 heavy (non-hydrogen) atoms. The highest BCUT2D eigenvalue weighted by Gasteiger charge is 2.09. The Morgan fingerprint density at radius 1 is 1.38 bits per heavy atom. The Kier molecular flexibility index (Phi) is 4.55. The van der Waals surface area contributed by atoms with Crippen molar-refractivity contribution in [3.05, 3.63) is 67.7 Å². The zero-order valence-electron chi connectivity index (χ0n) is 11.3. The summed E-state index contributed by atoms with van der Waals surface area (Å²) in [6.07, 6.45) is 0. The fourth-order valence-electron chi connectivity index (χ4n) is 2.00. The third-order valence-corrected chi connectivity index (χ3v) is 3.48. The van der Waals surface area contributed by atoms with Gasteiger partial charge in [0.15, 0.2) is 0 Å². The molecule has 0 aromatic heterocycles. The zero-order chi connectivity index (χ0) is 15.4. The lowest BCUT2D eigenvalue weighted by molar-refractivity contribution is -0.385. The van der Waals surface area contributed by atoms with E-state index in [2.05, 4.69) is 27.3 Å². The molecule has 1 N–H and O–H groups in total. The van der Waals surface area contributed by atoms with E-state index in [0.717, 1.165) is 16.8 Å². The average molecular weight is 346 g/mol. The predicted octanol–water partition coefficient (Wildman–Crippen LogP) is 4.15. The van der Waals surface area contributed by atoms with Crippen LogP contribution in [0.5, 0.6) is 0 Å². The number of benzene rings is 2. The fourth-order valence-corrected chi connectivity index (χ4v) is 2.53. The minimum atomic E-state index is -0.429. The first kappa shape index (κ1) is 15.0. The van der Waals surface area contributed by atoms with E-state index in [0.29, 0.717) is 16.6 Å². The summed E-state index contributed by atoms with van der Waals surface area (Å²) >= 11 is 3.26. The van der Waals surface area contributed by atoms with Crippen LogP contribution in [-0.2, 0) is 6.54 Å². The lowest BCUT2D eigenvalue weighted by atomic mass is 10.1. The van der Waals surface area contributed by atoms with Crippen molar-refractivity contribution >= 4 is 27.3 Å². The highest BCUT2D eigenvalue weighted by molar-refractivity contribution is 9.10. The number of aryl methyl sites for hydroxylation is 1. The van der Waals surface area contributed by atoms with Crippen LogP contribution in [0.15, 0.2) is 40.9 Å². The van der Waals surface area contributed by atoms with Gasteiger partial charge in [-0.1, -0.05) is 28.1 Å². The van der Waals surface area contributed by atoms with Crippen LogP contribution in [-0.4, -0.2) is 4.92 Å². The molecule has 0 heterocycles. The Balaban J connectivity index is 2.23. The van der Waals surface area contributed by atoms with Crippen molar-refractivity contribution in [2.75, 3.05) is 5.32 Å². The van der Waals surface area contributed by atoms with Gasteiger partial charge in [0, 0.05) is 23.2 Å². The Hall–Kier alpha value is -2.39. The first-order valence-corrected chi connectivity index (χ1v) is 6.98. The summed E-state index contributed by atoms with van der Waals surface area (Å²) in [5.74, 6) is 0. The van der Waals surface area contributed by atoms with Crippen molar-refractivity contribution in [3.63, 3.8) is 0 Å². The molecular weight excluding hydrogens is 334 g/mol. The molecule has 0 fully saturated rings. The number of non-ortho nitro benzene ring substituents is 1. The second-order valence-corrected chi connectivity index (χ2v) is 5.45. The highest BCUT2D eigenvalue weighted by Crippen LogP contribution is 2.23. The molecule has 0 spiro atoms. The summed E-state index contributed by atoms with van der Waals surface area (Å²) in [7, 11) is 0. The molecule has 0 aliphatic carbocycles. The molecular formula is C15H12BrN3O2. The lowest BCUT2D eigenvalue weighted by Gasteiger charge is -2.10. The molecule has 0 saturated carbocycles. The van der Waals surface area contributed by atoms with E-state index < -0.39 is 4.92 Å². The van der Waals surface area contributed by atoms with E-state index in [4.69, 9.17) is 0 Å². The quantitative estimate of drug-likeness (QED) is 0.666. The number of hydrogen-bond acceptors (Lipinski definition) is 4. The summed E-state index contributed by atoms with van der Waals surface area (Å²) in [6.45, 7) is 2.27. The van der Waals surface area contributed by atoms with Gasteiger partial charge in [0.1, 0.15) is 6.07 Å². The lowest BCUT2D eigenvalue weighted by Crippen LogP contribution is -2.03. The van der Waals surface area contributed by atoms with Gasteiger partial charge in [0.2, 0.25) is 0 Å². The van der Waals surface area contributed by atoms with E-state index in [1.165, 1.54) is 12.1 Å². The fraction of sp³-hybridized carbons (Fsp3) is 0.133. The number of nitriles is 1. The van der Waals surface area contributed by atoms with Gasteiger partial charge in [-0.15, -0.1) is 0 Å². The summed E-state index contributed by atoms with van der Waals surface area (Å²) in [6, 6.07) is 12.5. The van der Waals surface area contributed by atoms with Crippen LogP contribution in [0.25, 0.3) is 0 Å². The highest BCUT2D eigenvalue weighted by atomic mass is 79.9. The Labute approximate surface area is 130 Å². The van der Waals surface area contributed by atoms with Crippen LogP contribution in [0.2, 0.25) is 0 Å². The van der Waals surface area contributed by atoms with Gasteiger partial charge in [-0.25, -0.2) is 0 Å². The van der Waals surface area contributed by atoms with E-state index in [9.17, 15) is 15.4 Å². The maximum absolute atomic E-state index is 10.8. The minimum absolute atomic E-state index is 0.0333. The minimum Gasteiger partial charge on any atom is -0.380 e. The number of hydrogen-bond donors (Lipinski definition) is 1. The predicted molar refractivity (Wildman–Crippen MR) is 84.0 cm³/mol. The maximum Gasteiger partial charge on any atom is 0.270 e. The first-order chi connectivity index (χ1) is 10.0. The topological polar surface area (TPSA) is 79.0 Å². The molecule has 0 aliphatic rings. The van der Waals surface area contributed by atoms with Gasteiger partial charge in [-0.3, -0.25) is 10.1 Å². The van der Waals surface area contributed by atoms with E-state index in [-0.39, 0.29) is 5.69 Å². The maximum atomic E-state index is 10.8. The van der Waals surface area contributed by atoms with Crippen LogP contribution in [0.1, 0.15) is 16.7 Å². The average Bonchev–Trinajstić information content (AvgIpc) is 2.44. The van der Waals surface area contributed by atoms with E-state index in [1.807, 2.05) is 31.2 Å². The largest absolute Gasteiger partial charge is 0.380 e. The number of rotatable bonds is 4. The number of nitro groups is 1. The molecule has 0 bridgehead atoms. The molecule has 106 valence electrons. The smallest absolute Gasteiger partial charge is 0.270 e. The first-order valence-electron chi connectivity index (χ1n) is 6.18. The van der Waals surface area contributed by atoms with Gasteiger partial charge in [0.25, 0.3) is 5.69 Å². The van der Waals surface area contributed by atoms with Crippen LogP contribution in [0.3, 0.4) is 0 Å². The standard InChI is InChI=1S/C15H12BrN3O2/c1-10-3-2-4-15(14(10)8-17)18-9-11-5-12(16)7-13(6-11)19(20)21/h2-7,18H,9H2,1H3. The summed E-state index contributed by atoms with van der Waals surface area (Å²) < 4.78 is 0.651. The molecule has 2 aromatic rings. The Morgan fingerprint density at radius 2 is 2.14 bits per heavy atom. The van der Waals surface area contributed by atoms with Crippen molar-refractivity contribution in [1.29, 1.82) is 5.26 Å². The monoisotopic (exact) mass is 345 g/mol. The number of nitrogens with one attached hydrogen (secondary N) is 1. The molecule has 6 heteroatoms. The van der Waals surface area contributed by atoms with E-state index >= 15 is 0 Å². The second kappa shape index (κ2) is 6.37. The van der Waals surface area contributed by atoms with Crippen molar-refractivity contribution in [3.8, 4) is 6.07 Å². The van der Waals surface area contributed by atoms with Crippen molar-refractivity contribution in [1.82, 2.24) is 0 Å². The van der Waals surface area contributed by atoms with Gasteiger partial charge >= 0.3 is 0 Å². The molecule has 2 aromatic carbocycles. The van der Waals surface area contributed by atoms with Gasteiger partial charge < -0.3 is 5.32 Å². The molecule has 0 amide bonds. The molecule has 0 unspecified atom stereocenters. The van der Waals surface area contributed by atoms with Crippen molar-refractivity contribution in [2.45, 2.75) is 13.5 Å². The molecule has 0 saturated heterocycles. The SMILES string of the molecule is Cc1cccc(NCc2cc(Br)cc([N+](=O)[O-])c2)c1C#N. The Morgan fingerprint density at radius 3 is 2.81 bits per heavy atom. The number of nitrogens with zero attached hydrogens (tertiary/aromatic N) is 2. The second-order valence-electron chi connectivity index (χ2n) is 4.54. The number of halogens is 1. The summed E-state index contributed by atoms with van der Waals surface area (Å²) in [5, 5.41) is 23.2. The number of nitro benzene ring substituents is 1. The van der Waals surface area contributed by atoms with Crippen LogP contribution in [0, 0.1) is 28.4 Å². The van der Waals surface area contributed by atoms with Crippen LogP contribution in [0.4, 0.5) is 11.4 Å². The van der Waals surface area contributed by atoms with Crippen molar-refractivity contribution < 1.29 is 4.92 Å². The Bertz CT molecular complexity index is 738. The third-order valence-electron chi connectivity index (χ3n) is 3.02. The van der Waals surface area contributed by atoms with Gasteiger partial charge in [-0.2, -0.15) is 5.26 Å². The van der Waals surface area contributed by atoms with Crippen LogP contribution >= 0.6 is 15.9 Å². The van der Waals surface area contributed by atoms with E-state index in [1.54, 1.807) is 0 Å². The van der Waals surface area contributed by atoms with Gasteiger partial charge in [0.05, 0.1) is 16.2 Å². The molecule has 0 atom stereocenters. The number of anilines is 1. The summed E-state index contributed by atoms with van der Waals surface area (Å²) in [5.41, 5.74) is 3.00. The zero-order valence-corrected chi connectivity index (χ0v) is 12.8. The van der Waals surface area contributed by atoms with Crippen LogP contribution < -0.4 is 5.32 Å². The molecule has 0 aliphatic heterocycles. The summed E-state index contributed by atoms with van der Waals surface area (Å²) in [4.78, 5) is 10.4. The van der Waals surface area contributed by atoms with Crippen molar-refractivity contribution in [2.24, 2.45) is 0 Å². The normalized spacial score (nSPS) is 9.95. The molecule has 0 radical (unpaired) electrons.